The summed E-state index contributed by atoms with van der Waals surface area (Å²) in [4.78, 5) is 5.27. The number of rotatable bonds is 3. The highest BCUT2D eigenvalue weighted by Crippen LogP contribution is 2.47. The Morgan fingerprint density at radius 3 is 1.90 bits per heavy atom. The van der Waals surface area contributed by atoms with Crippen molar-refractivity contribution in [3.8, 4) is 27.9 Å². The zero-order chi connectivity index (χ0) is 31.3. The molecular weight excluding hydrogens is 585 g/mol. The van der Waals surface area contributed by atoms with E-state index in [-0.39, 0.29) is 6.04 Å². The maximum atomic E-state index is 5.27. The van der Waals surface area contributed by atoms with Crippen LogP contribution < -0.4 is 5.32 Å². The first kappa shape index (κ1) is 25.8. The van der Waals surface area contributed by atoms with Crippen molar-refractivity contribution in [1.29, 1.82) is 0 Å². The molecule has 0 fully saturated rings. The van der Waals surface area contributed by atoms with Gasteiger partial charge in [-0.3, -0.25) is 4.57 Å². The maximum Gasteiger partial charge on any atom is 0.141 e. The molecule has 0 saturated heterocycles. The summed E-state index contributed by atoms with van der Waals surface area (Å²) in [6.07, 6.45) is 0. The third-order valence-corrected chi connectivity index (χ3v) is 10.2. The molecule has 1 N–H and O–H groups in total. The molecule has 0 aliphatic carbocycles. The molecular formula is C44H28N4. The number of para-hydroxylation sites is 4. The van der Waals surface area contributed by atoms with Crippen molar-refractivity contribution in [3.63, 3.8) is 0 Å². The number of nitrogens with zero attached hydrogens (tertiary/aromatic N) is 3. The van der Waals surface area contributed by atoms with Crippen LogP contribution in [0.5, 0.6) is 0 Å². The quantitative estimate of drug-likeness (QED) is 0.212. The van der Waals surface area contributed by atoms with E-state index in [2.05, 4.69) is 172 Å². The third-order valence-electron chi connectivity index (χ3n) is 10.2. The molecule has 1 atom stereocenters. The predicted molar refractivity (Wildman–Crippen MR) is 200 cm³/mol. The van der Waals surface area contributed by atoms with E-state index in [0.717, 1.165) is 22.9 Å². The van der Waals surface area contributed by atoms with Gasteiger partial charge in [-0.15, -0.1) is 0 Å². The molecule has 0 spiro atoms. The van der Waals surface area contributed by atoms with Crippen LogP contribution in [0, 0.1) is 0 Å². The van der Waals surface area contributed by atoms with Gasteiger partial charge in [0, 0.05) is 32.8 Å². The second-order valence-corrected chi connectivity index (χ2v) is 12.9. The van der Waals surface area contributed by atoms with Gasteiger partial charge in [-0.1, -0.05) is 109 Å². The maximum absolute atomic E-state index is 5.27. The summed E-state index contributed by atoms with van der Waals surface area (Å²) in [7, 11) is 0. The Bertz CT molecular complexity index is 2740. The first-order valence-electron chi connectivity index (χ1n) is 16.5. The average molecular weight is 613 g/mol. The van der Waals surface area contributed by atoms with Gasteiger partial charge in [0.05, 0.1) is 33.4 Å². The van der Waals surface area contributed by atoms with Crippen LogP contribution in [0.25, 0.3) is 71.6 Å². The molecule has 224 valence electrons. The molecule has 48 heavy (non-hydrogen) atoms. The number of aromatic nitrogens is 2. The highest BCUT2D eigenvalue weighted by atomic mass is 15.2. The lowest BCUT2D eigenvalue weighted by atomic mass is 9.98. The van der Waals surface area contributed by atoms with E-state index >= 15 is 0 Å². The van der Waals surface area contributed by atoms with E-state index in [1.165, 1.54) is 71.4 Å². The zero-order valence-corrected chi connectivity index (χ0v) is 25.9. The lowest BCUT2D eigenvalue weighted by Gasteiger charge is -2.23. The zero-order valence-electron chi connectivity index (χ0n) is 25.9. The van der Waals surface area contributed by atoms with Gasteiger partial charge in [0.1, 0.15) is 11.9 Å². The van der Waals surface area contributed by atoms with Gasteiger partial charge in [-0.25, -0.2) is 4.99 Å². The Hall–Kier alpha value is -6.39. The van der Waals surface area contributed by atoms with Crippen LogP contribution in [0.1, 0.15) is 11.6 Å². The van der Waals surface area contributed by atoms with Crippen molar-refractivity contribution in [2.75, 3.05) is 5.32 Å². The van der Waals surface area contributed by atoms with Crippen LogP contribution in [0.3, 0.4) is 0 Å². The van der Waals surface area contributed by atoms with E-state index in [0.29, 0.717) is 0 Å². The molecule has 4 heteroatoms. The Labute approximate surface area is 276 Å². The van der Waals surface area contributed by atoms with Gasteiger partial charge in [0.25, 0.3) is 0 Å². The van der Waals surface area contributed by atoms with Crippen LogP contribution in [0.2, 0.25) is 0 Å². The highest BCUT2D eigenvalue weighted by molar-refractivity contribution is 6.25. The predicted octanol–water partition coefficient (Wildman–Crippen LogP) is 11.3. The van der Waals surface area contributed by atoms with E-state index in [1.807, 2.05) is 0 Å². The summed E-state index contributed by atoms with van der Waals surface area (Å²) in [6.45, 7) is 0. The number of fused-ring (bicyclic) bond motifs is 10. The van der Waals surface area contributed by atoms with Crippen molar-refractivity contribution >= 4 is 60.8 Å². The molecule has 7 aromatic carbocycles. The minimum absolute atomic E-state index is 0.0144. The van der Waals surface area contributed by atoms with Gasteiger partial charge in [-0.2, -0.15) is 0 Å². The van der Waals surface area contributed by atoms with Crippen LogP contribution >= 0.6 is 0 Å². The molecule has 4 nitrogen and oxygen atoms in total. The number of anilines is 1. The van der Waals surface area contributed by atoms with E-state index in [1.54, 1.807) is 0 Å². The average Bonchev–Trinajstić information content (AvgIpc) is 3.78. The molecule has 2 aromatic heterocycles. The minimum Gasteiger partial charge on any atom is -0.370 e. The molecule has 0 bridgehead atoms. The van der Waals surface area contributed by atoms with Gasteiger partial charge in [0.2, 0.25) is 0 Å². The summed E-state index contributed by atoms with van der Waals surface area (Å²) in [6, 6.07) is 57.1. The lowest BCUT2D eigenvalue weighted by Crippen LogP contribution is -2.24. The fourth-order valence-electron chi connectivity index (χ4n) is 8.13. The van der Waals surface area contributed by atoms with Crippen molar-refractivity contribution in [3.05, 3.63) is 163 Å². The Balaban J connectivity index is 1.24. The number of aliphatic imine (C=N–C) groups is 1. The van der Waals surface area contributed by atoms with Gasteiger partial charge in [-0.05, 0) is 70.8 Å². The minimum atomic E-state index is 0.0144. The van der Waals surface area contributed by atoms with Crippen molar-refractivity contribution < 1.29 is 0 Å². The molecule has 2 aliphatic rings. The van der Waals surface area contributed by atoms with E-state index < -0.39 is 0 Å². The summed E-state index contributed by atoms with van der Waals surface area (Å²) < 4.78 is 4.86. The Kier molecular flexibility index (Phi) is 5.13. The molecule has 0 amide bonds. The molecule has 1 unspecified atom stereocenters. The summed E-state index contributed by atoms with van der Waals surface area (Å²) in [5.74, 6) is 1.04. The normalized spacial score (nSPS) is 14.8. The first-order chi connectivity index (χ1) is 23.8. The van der Waals surface area contributed by atoms with Crippen molar-refractivity contribution in [1.82, 2.24) is 9.13 Å². The summed E-state index contributed by atoms with van der Waals surface area (Å²) >= 11 is 0. The summed E-state index contributed by atoms with van der Waals surface area (Å²) in [5.41, 5.74) is 14.1. The van der Waals surface area contributed by atoms with Crippen LogP contribution in [0.15, 0.2) is 163 Å². The standard InChI is InChI=1S/C44H28N4/c1-3-12-27(13-4-1)29-22-30(28-14-5-2-6-15-28)24-31(23-29)47-39-21-10-7-16-32(39)35-25-36-33-17-11-18-34-42-44(46-38-20-9-8-19-37(38)45-42)48(43(33)34)41(36)26-40(35)47/h1-26,42,45H. The SMILES string of the molecule is c1ccc(-c2cc(-c3ccccc3)cc(-n3c4ccccc4c4cc5c6cccc7c6n(c5cc43)C3=Nc4ccccc4NC37)c2)cc1. The van der Waals surface area contributed by atoms with Crippen molar-refractivity contribution in [2.45, 2.75) is 6.04 Å². The van der Waals surface area contributed by atoms with Crippen LogP contribution in [-0.2, 0) is 0 Å². The molecule has 0 saturated carbocycles. The molecule has 2 aliphatic heterocycles. The smallest absolute Gasteiger partial charge is 0.141 e. The van der Waals surface area contributed by atoms with E-state index in [9.17, 15) is 0 Å². The van der Waals surface area contributed by atoms with Crippen LogP contribution in [-0.4, -0.2) is 15.0 Å². The fourth-order valence-corrected chi connectivity index (χ4v) is 8.13. The lowest BCUT2D eigenvalue weighted by molar-refractivity contribution is 1.02. The van der Waals surface area contributed by atoms with Crippen LogP contribution in [0.4, 0.5) is 11.4 Å². The third kappa shape index (κ3) is 3.52. The largest absolute Gasteiger partial charge is 0.370 e. The number of hydrogen-bond donors (Lipinski definition) is 1. The Morgan fingerprint density at radius 2 is 1.10 bits per heavy atom. The highest BCUT2D eigenvalue weighted by Gasteiger charge is 2.36. The topological polar surface area (TPSA) is 34.2 Å². The molecule has 11 rings (SSSR count). The molecule has 4 heterocycles. The van der Waals surface area contributed by atoms with E-state index in [4.69, 9.17) is 4.99 Å². The van der Waals surface area contributed by atoms with Gasteiger partial charge >= 0.3 is 0 Å². The molecule has 9 aromatic rings. The Morgan fingerprint density at radius 1 is 0.458 bits per heavy atom. The summed E-state index contributed by atoms with van der Waals surface area (Å²) in [5, 5.41) is 8.82. The number of nitrogens with one attached hydrogen (secondary N) is 1. The monoisotopic (exact) mass is 612 g/mol. The molecule has 0 radical (unpaired) electrons. The second kappa shape index (κ2) is 9.57. The number of hydrogen-bond acceptors (Lipinski definition) is 2. The fraction of sp³-hybridized carbons (Fsp3) is 0.0227. The number of benzene rings is 7. The van der Waals surface area contributed by atoms with Crippen molar-refractivity contribution in [2.24, 2.45) is 4.99 Å². The van der Waals surface area contributed by atoms with Gasteiger partial charge in [0.15, 0.2) is 0 Å². The van der Waals surface area contributed by atoms with Gasteiger partial charge < -0.3 is 9.88 Å². The second-order valence-electron chi connectivity index (χ2n) is 12.9. The first-order valence-corrected chi connectivity index (χ1v) is 16.5.